The van der Waals surface area contributed by atoms with E-state index in [1.165, 1.54) is 10.9 Å². The van der Waals surface area contributed by atoms with Crippen LogP contribution in [0.3, 0.4) is 0 Å². The summed E-state index contributed by atoms with van der Waals surface area (Å²) in [5.41, 5.74) is 2.33. The van der Waals surface area contributed by atoms with Crippen molar-refractivity contribution in [2.24, 2.45) is 0 Å². The highest BCUT2D eigenvalue weighted by Crippen LogP contribution is 2.29. The van der Waals surface area contributed by atoms with Crippen molar-refractivity contribution in [2.45, 2.75) is 26.4 Å². The fourth-order valence-corrected chi connectivity index (χ4v) is 2.81. The zero-order chi connectivity index (χ0) is 11.7. The number of hydrogen-bond donors (Lipinski definition) is 1. The second kappa shape index (κ2) is 4.55. The number of halogens is 1. The molecule has 4 heteroatoms. The Hall–Kier alpha value is -0.870. The van der Waals surface area contributed by atoms with Gasteiger partial charge in [-0.1, -0.05) is 12.1 Å². The average Bonchev–Trinajstić information content (AvgIpc) is 2.58. The largest absolute Gasteiger partial charge is 0.316 e. The Balaban J connectivity index is 2.67. The zero-order valence-electron chi connectivity index (χ0n) is 9.79. The molecule has 0 aliphatic heterocycles. The first-order valence-corrected chi connectivity index (χ1v) is 6.24. The third kappa shape index (κ3) is 1.87. The zero-order valence-corrected chi connectivity index (χ0v) is 11.4. The summed E-state index contributed by atoms with van der Waals surface area (Å²) in [5, 5.41) is 8.99. The first-order valence-electron chi connectivity index (χ1n) is 5.45. The first kappa shape index (κ1) is 11.6. The van der Waals surface area contributed by atoms with E-state index < -0.39 is 0 Å². The van der Waals surface area contributed by atoms with Crippen molar-refractivity contribution in [1.29, 1.82) is 0 Å². The molecule has 2 aromatic rings. The van der Waals surface area contributed by atoms with Crippen LogP contribution in [0.5, 0.6) is 0 Å². The third-order valence-electron chi connectivity index (χ3n) is 2.61. The summed E-state index contributed by atoms with van der Waals surface area (Å²) in [7, 11) is 1.96. The molecule has 0 saturated carbocycles. The Bertz CT molecular complexity index is 502. The molecule has 16 heavy (non-hydrogen) atoms. The van der Waals surface area contributed by atoms with Gasteiger partial charge in [-0.2, -0.15) is 5.10 Å². The maximum absolute atomic E-state index is 4.60. The molecule has 0 atom stereocenters. The van der Waals surface area contributed by atoms with Crippen molar-refractivity contribution in [3.8, 4) is 0 Å². The Morgan fingerprint density at radius 1 is 1.44 bits per heavy atom. The van der Waals surface area contributed by atoms with Gasteiger partial charge in [0.25, 0.3) is 0 Å². The monoisotopic (exact) mass is 281 g/mol. The normalized spacial score (nSPS) is 11.6. The highest BCUT2D eigenvalue weighted by Gasteiger charge is 2.13. The van der Waals surface area contributed by atoms with Crippen LogP contribution in [0.25, 0.3) is 10.9 Å². The number of fused-ring (bicyclic) bond motifs is 1. The number of hydrogen-bond acceptors (Lipinski definition) is 2. The van der Waals surface area contributed by atoms with Crippen LogP contribution in [0.2, 0.25) is 0 Å². The fourth-order valence-electron chi connectivity index (χ4n) is 1.86. The highest BCUT2D eigenvalue weighted by atomic mass is 79.9. The molecule has 1 N–H and O–H groups in total. The lowest BCUT2D eigenvalue weighted by Gasteiger charge is -2.06. The predicted molar refractivity (Wildman–Crippen MR) is 70.6 cm³/mol. The second-order valence-electron chi connectivity index (χ2n) is 4.17. The number of benzene rings is 1. The lowest BCUT2D eigenvalue weighted by atomic mass is 10.1. The van der Waals surface area contributed by atoms with Crippen LogP contribution < -0.4 is 5.32 Å². The molecule has 0 fully saturated rings. The van der Waals surface area contributed by atoms with Gasteiger partial charge in [0.05, 0.1) is 5.52 Å². The van der Waals surface area contributed by atoms with Crippen LogP contribution in [0.4, 0.5) is 0 Å². The molecule has 0 saturated heterocycles. The molecule has 1 aromatic heterocycles. The Morgan fingerprint density at radius 2 is 2.19 bits per heavy atom. The third-order valence-corrected chi connectivity index (χ3v) is 3.37. The molecule has 0 amide bonds. The summed E-state index contributed by atoms with van der Waals surface area (Å²) >= 11 is 3.65. The van der Waals surface area contributed by atoms with Crippen molar-refractivity contribution in [2.75, 3.05) is 7.05 Å². The number of nitrogens with zero attached hydrogens (tertiary/aromatic N) is 2. The predicted octanol–water partition coefficient (Wildman–Crippen LogP) is 3.10. The van der Waals surface area contributed by atoms with Crippen LogP contribution >= 0.6 is 15.9 Å². The minimum Gasteiger partial charge on any atom is -0.316 e. The van der Waals surface area contributed by atoms with Gasteiger partial charge < -0.3 is 5.32 Å². The molecule has 0 unspecified atom stereocenters. The lowest BCUT2D eigenvalue weighted by molar-refractivity contribution is 0.527. The van der Waals surface area contributed by atoms with E-state index in [0.717, 1.165) is 16.7 Å². The van der Waals surface area contributed by atoms with E-state index in [1.807, 2.05) is 11.7 Å². The van der Waals surface area contributed by atoms with Crippen LogP contribution in [0, 0.1) is 0 Å². The van der Waals surface area contributed by atoms with E-state index in [2.05, 4.69) is 58.4 Å². The molecule has 0 spiro atoms. The lowest BCUT2D eigenvalue weighted by Crippen LogP contribution is -2.05. The summed E-state index contributed by atoms with van der Waals surface area (Å²) in [6, 6.07) is 6.61. The highest BCUT2D eigenvalue weighted by molar-refractivity contribution is 9.10. The van der Waals surface area contributed by atoms with Gasteiger partial charge in [0.1, 0.15) is 4.60 Å². The van der Waals surface area contributed by atoms with Gasteiger partial charge in [0.15, 0.2) is 0 Å². The molecule has 0 aliphatic carbocycles. The number of nitrogens with one attached hydrogen (secondary N) is 1. The molecule has 0 aliphatic rings. The van der Waals surface area contributed by atoms with E-state index in [-0.39, 0.29) is 0 Å². The fraction of sp³-hybridized carbons (Fsp3) is 0.417. The Labute approximate surface area is 104 Å². The average molecular weight is 282 g/mol. The standard InChI is InChI=1S/C12H16BrN3/c1-8(2)16-12(13)11-9(7-14-3)5-4-6-10(11)15-16/h4-6,8,14H,7H2,1-3H3. The van der Waals surface area contributed by atoms with Crippen molar-refractivity contribution in [1.82, 2.24) is 15.1 Å². The van der Waals surface area contributed by atoms with Gasteiger partial charge in [0.2, 0.25) is 0 Å². The summed E-state index contributed by atoms with van der Waals surface area (Å²) in [4.78, 5) is 0. The van der Waals surface area contributed by atoms with Gasteiger partial charge in [0, 0.05) is 18.0 Å². The second-order valence-corrected chi connectivity index (χ2v) is 4.92. The number of rotatable bonds is 3. The Kier molecular flexibility index (Phi) is 3.30. The van der Waals surface area contributed by atoms with E-state index >= 15 is 0 Å². The van der Waals surface area contributed by atoms with Gasteiger partial charge in [-0.25, -0.2) is 0 Å². The van der Waals surface area contributed by atoms with Crippen molar-refractivity contribution in [3.63, 3.8) is 0 Å². The van der Waals surface area contributed by atoms with Gasteiger partial charge in [-0.15, -0.1) is 0 Å². The maximum Gasteiger partial charge on any atom is 0.112 e. The molecule has 2 rings (SSSR count). The SMILES string of the molecule is CNCc1cccc2nn(C(C)C)c(Br)c12. The maximum atomic E-state index is 4.60. The van der Waals surface area contributed by atoms with Crippen LogP contribution in [0.1, 0.15) is 25.5 Å². The van der Waals surface area contributed by atoms with Crippen molar-refractivity contribution < 1.29 is 0 Å². The van der Waals surface area contributed by atoms with Crippen LogP contribution in [0.15, 0.2) is 22.8 Å². The molecule has 1 aromatic carbocycles. The first-order chi connectivity index (χ1) is 7.65. The summed E-state index contributed by atoms with van der Waals surface area (Å²) in [6.45, 7) is 5.13. The van der Waals surface area contributed by atoms with E-state index in [0.29, 0.717) is 6.04 Å². The summed E-state index contributed by atoms with van der Waals surface area (Å²) < 4.78 is 3.09. The quantitative estimate of drug-likeness (QED) is 0.937. The smallest absolute Gasteiger partial charge is 0.112 e. The molecule has 3 nitrogen and oxygen atoms in total. The molecule has 86 valence electrons. The Morgan fingerprint density at radius 3 is 2.81 bits per heavy atom. The van der Waals surface area contributed by atoms with Crippen LogP contribution in [-0.2, 0) is 6.54 Å². The molecule has 1 heterocycles. The molecular formula is C12H16BrN3. The van der Waals surface area contributed by atoms with Gasteiger partial charge >= 0.3 is 0 Å². The molecule has 0 radical (unpaired) electrons. The minimum atomic E-state index is 0.365. The summed E-state index contributed by atoms with van der Waals surface area (Å²) in [6.07, 6.45) is 0. The van der Waals surface area contributed by atoms with E-state index in [9.17, 15) is 0 Å². The van der Waals surface area contributed by atoms with E-state index in [4.69, 9.17) is 0 Å². The van der Waals surface area contributed by atoms with Crippen LogP contribution in [-0.4, -0.2) is 16.8 Å². The van der Waals surface area contributed by atoms with Crippen molar-refractivity contribution >= 4 is 26.8 Å². The minimum absolute atomic E-state index is 0.365. The van der Waals surface area contributed by atoms with Gasteiger partial charge in [-0.3, -0.25) is 4.68 Å². The van der Waals surface area contributed by atoms with Crippen molar-refractivity contribution in [3.05, 3.63) is 28.4 Å². The summed E-state index contributed by atoms with van der Waals surface area (Å²) in [5.74, 6) is 0. The van der Waals surface area contributed by atoms with Gasteiger partial charge in [-0.05, 0) is 48.5 Å². The van der Waals surface area contributed by atoms with E-state index in [1.54, 1.807) is 0 Å². The topological polar surface area (TPSA) is 29.9 Å². The number of aromatic nitrogens is 2. The molecular weight excluding hydrogens is 266 g/mol. The molecule has 0 bridgehead atoms.